The van der Waals surface area contributed by atoms with Crippen molar-refractivity contribution in [2.45, 2.75) is 29.7 Å². The number of halogens is 1. The van der Waals surface area contributed by atoms with Crippen molar-refractivity contribution >= 4 is 27.3 Å². The summed E-state index contributed by atoms with van der Waals surface area (Å²) in [6.07, 6.45) is 1.98. The lowest BCUT2D eigenvalue weighted by Crippen LogP contribution is -2.19. The molecule has 1 fully saturated rings. The van der Waals surface area contributed by atoms with Crippen molar-refractivity contribution in [1.82, 2.24) is 4.98 Å². The van der Waals surface area contributed by atoms with E-state index in [-0.39, 0.29) is 15.8 Å². The van der Waals surface area contributed by atoms with Crippen LogP contribution in [0.3, 0.4) is 0 Å². The van der Waals surface area contributed by atoms with Gasteiger partial charge in [-0.3, -0.25) is 0 Å². The highest BCUT2D eigenvalue weighted by Crippen LogP contribution is 2.37. The van der Waals surface area contributed by atoms with E-state index >= 15 is 0 Å². The molecule has 2 heterocycles. The quantitative estimate of drug-likeness (QED) is 0.630. The molecule has 0 spiro atoms. The maximum absolute atomic E-state index is 13.3. The number of hydrogen-bond donors (Lipinski definition) is 0. The molecule has 1 saturated heterocycles. The van der Waals surface area contributed by atoms with Gasteiger partial charge < -0.3 is 9.32 Å². The Balaban J connectivity index is 1.88. The van der Waals surface area contributed by atoms with Crippen LogP contribution in [0.4, 0.5) is 5.88 Å². The largest absolute Gasteiger partial charge is 0.419 e. The predicted molar refractivity (Wildman–Crippen MR) is 105 cm³/mol. The maximum Gasteiger partial charge on any atom is 0.236 e. The van der Waals surface area contributed by atoms with Gasteiger partial charge in [0.2, 0.25) is 26.6 Å². The van der Waals surface area contributed by atoms with Crippen LogP contribution in [-0.2, 0) is 9.84 Å². The number of nitrogens with zero attached hydrogens (tertiary/aromatic N) is 2. The first-order chi connectivity index (χ1) is 13.0. The summed E-state index contributed by atoms with van der Waals surface area (Å²) < 4.78 is 32.5. The lowest BCUT2D eigenvalue weighted by atomic mass is 10.2. The molecule has 0 saturated carbocycles. The molecule has 5 nitrogen and oxygen atoms in total. The number of anilines is 1. The molecule has 0 atom stereocenters. The van der Waals surface area contributed by atoms with E-state index in [0.717, 1.165) is 31.5 Å². The lowest BCUT2D eigenvalue weighted by Gasteiger charge is -2.14. The van der Waals surface area contributed by atoms with Crippen LogP contribution in [0.1, 0.15) is 18.4 Å². The van der Waals surface area contributed by atoms with Crippen LogP contribution in [0.25, 0.3) is 11.5 Å². The molecule has 0 N–H and O–H groups in total. The van der Waals surface area contributed by atoms with Gasteiger partial charge in [0.25, 0.3) is 0 Å². The Hall–Kier alpha value is -2.31. The van der Waals surface area contributed by atoms with Crippen LogP contribution in [0.2, 0.25) is 5.02 Å². The van der Waals surface area contributed by atoms with Gasteiger partial charge in [0.05, 0.1) is 15.5 Å². The monoisotopic (exact) mass is 402 g/mol. The third-order valence-corrected chi connectivity index (χ3v) is 6.66. The minimum Gasteiger partial charge on any atom is -0.419 e. The summed E-state index contributed by atoms with van der Waals surface area (Å²) in [5.41, 5.74) is 1.57. The second kappa shape index (κ2) is 7.02. The molecule has 4 rings (SSSR count). The Bertz CT molecular complexity index is 1070. The van der Waals surface area contributed by atoms with E-state index in [1.54, 1.807) is 42.5 Å². The molecule has 1 aliphatic rings. The van der Waals surface area contributed by atoms with Gasteiger partial charge >= 0.3 is 0 Å². The standard InChI is InChI=1S/C20H19ClN2O3S/c1-14-8-10-15(11-9-14)27(24,25)19-20(23-12-4-5-13-23)26-18(22-19)16-6-2-3-7-17(16)21/h2-3,6-11H,4-5,12-13H2,1H3. The van der Waals surface area contributed by atoms with Gasteiger partial charge in [0, 0.05) is 13.1 Å². The SMILES string of the molecule is Cc1ccc(S(=O)(=O)c2nc(-c3ccccc3Cl)oc2N2CCCC2)cc1. The molecule has 0 radical (unpaired) electrons. The minimum absolute atomic E-state index is 0.0526. The van der Waals surface area contributed by atoms with Crippen molar-refractivity contribution in [3.63, 3.8) is 0 Å². The van der Waals surface area contributed by atoms with E-state index in [9.17, 15) is 8.42 Å². The first-order valence-corrected chi connectivity index (χ1v) is 10.7. The molecule has 1 aromatic heterocycles. The third-order valence-electron chi connectivity index (χ3n) is 4.66. The highest BCUT2D eigenvalue weighted by atomic mass is 35.5. The van der Waals surface area contributed by atoms with Gasteiger partial charge in [0.1, 0.15) is 0 Å². The maximum atomic E-state index is 13.3. The summed E-state index contributed by atoms with van der Waals surface area (Å²) in [6, 6.07) is 13.9. The molecule has 7 heteroatoms. The van der Waals surface area contributed by atoms with Crippen LogP contribution >= 0.6 is 11.6 Å². The molecule has 0 bridgehead atoms. The van der Waals surface area contributed by atoms with Gasteiger partial charge in [-0.05, 0) is 44.0 Å². The average molecular weight is 403 g/mol. The summed E-state index contributed by atoms with van der Waals surface area (Å²) in [5.74, 6) is 0.510. The molecule has 27 heavy (non-hydrogen) atoms. The Labute approximate surface area is 163 Å². The molecular formula is C20H19ClN2O3S. The van der Waals surface area contributed by atoms with Crippen LogP contribution in [0.5, 0.6) is 0 Å². The summed E-state index contributed by atoms with van der Waals surface area (Å²) >= 11 is 6.27. The number of hydrogen-bond acceptors (Lipinski definition) is 5. The van der Waals surface area contributed by atoms with Crippen LogP contribution in [0, 0.1) is 6.92 Å². The third kappa shape index (κ3) is 3.35. The number of aromatic nitrogens is 1. The van der Waals surface area contributed by atoms with E-state index in [2.05, 4.69) is 4.98 Å². The fourth-order valence-electron chi connectivity index (χ4n) is 3.17. The predicted octanol–water partition coefficient (Wildman–Crippen LogP) is 4.74. The number of aryl methyl sites for hydroxylation is 1. The highest BCUT2D eigenvalue weighted by Gasteiger charge is 2.32. The minimum atomic E-state index is -3.81. The van der Waals surface area contributed by atoms with Crippen molar-refractivity contribution < 1.29 is 12.8 Å². The van der Waals surface area contributed by atoms with Crippen molar-refractivity contribution in [3.8, 4) is 11.5 Å². The second-order valence-electron chi connectivity index (χ2n) is 6.62. The van der Waals surface area contributed by atoms with Crippen molar-refractivity contribution in [3.05, 3.63) is 59.1 Å². The zero-order valence-electron chi connectivity index (χ0n) is 14.9. The zero-order chi connectivity index (χ0) is 19.0. The first kappa shape index (κ1) is 18.1. The normalized spacial score (nSPS) is 14.7. The van der Waals surface area contributed by atoms with E-state index < -0.39 is 9.84 Å². The molecule has 0 aliphatic carbocycles. The van der Waals surface area contributed by atoms with E-state index in [1.807, 2.05) is 17.9 Å². The van der Waals surface area contributed by atoms with Crippen molar-refractivity contribution in [1.29, 1.82) is 0 Å². The topological polar surface area (TPSA) is 63.4 Å². The summed E-state index contributed by atoms with van der Waals surface area (Å²) in [4.78, 5) is 6.52. The first-order valence-electron chi connectivity index (χ1n) is 8.79. The molecule has 3 aromatic rings. The lowest BCUT2D eigenvalue weighted by molar-refractivity contribution is 0.556. The molecule has 2 aromatic carbocycles. The van der Waals surface area contributed by atoms with Crippen LogP contribution in [-0.4, -0.2) is 26.5 Å². The zero-order valence-corrected chi connectivity index (χ0v) is 16.4. The van der Waals surface area contributed by atoms with Crippen molar-refractivity contribution in [2.24, 2.45) is 0 Å². The smallest absolute Gasteiger partial charge is 0.236 e. The number of rotatable bonds is 4. The number of sulfone groups is 1. The number of benzene rings is 2. The highest BCUT2D eigenvalue weighted by molar-refractivity contribution is 7.91. The Morgan fingerprint density at radius 3 is 2.37 bits per heavy atom. The molecular weight excluding hydrogens is 384 g/mol. The fourth-order valence-corrected chi connectivity index (χ4v) is 4.71. The van der Waals surface area contributed by atoms with E-state index in [1.165, 1.54) is 0 Å². The summed E-state index contributed by atoms with van der Waals surface area (Å²) in [6.45, 7) is 3.40. The van der Waals surface area contributed by atoms with Gasteiger partial charge in [-0.25, -0.2) is 8.42 Å². The molecule has 1 aliphatic heterocycles. The van der Waals surface area contributed by atoms with Crippen molar-refractivity contribution in [2.75, 3.05) is 18.0 Å². The van der Waals surface area contributed by atoms with Gasteiger partial charge in [-0.2, -0.15) is 4.98 Å². The van der Waals surface area contributed by atoms with Gasteiger partial charge in [-0.15, -0.1) is 0 Å². The summed E-state index contributed by atoms with van der Waals surface area (Å²) in [5, 5.41) is 0.411. The van der Waals surface area contributed by atoms with E-state index in [4.69, 9.17) is 16.0 Å². The molecule has 0 unspecified atom stereocenters. The summed E-state index contributed by atoms with van der Waals surface area (Å²) in [7, 11) is -3.81. The van der Waals surface area contributed by atoms with E-state index in [0.29, 0.717) is 16.5 Å². The van der Waals surface area contributed by atoms with Gasteiger partial charge in [-0.1, -0.05) is 41.4 Å². The Kier molecular flexibility index (Phi) is 4.70. The van der Waals surface area contributed by atoms with Crippen LogP contribution in [0.15, 0.2) is 62.9 Å². The fraction of sp³-hybridized carbons (Fsp3) is 0.250. The Morgan fingerprint density at radius 2 is 1.70 bits per heavy atom. The van der Waals surface area contributed by atoms with Gasteiger partial charge in [0.15, 0.2) is 0 Å². The number of oxazole rings is 1. The van der Waals surface area contributed by atoms with Crippen LogP contribution < -0.4 is 4.90 Å². The molecule has 0 amide bonds. The second-order valence-corrected chi connectivity index (χ2v) is 8.89. The average Bonchev–Trinajstić information content (AvgIpc) is 3.32. The Morgan fingerprint density at radius 1 is 1.04 bits per heavy atom. The molecule has 140 valence electrons.